The van der Waals surface area contributed by atoms with E-state index in [2.05, 4.69) is 42.2 Å². The molecule has 0 N–H and O–H groups in total. The summed E-state index contributed by atoms with van der Waals surface area (Å²) in [5, 5.41) is 4.01. The molecule has 0 fully saturated rings. The van der Waals surface area contributed by atoms with Crippen molar-refractivity contribution in [2.24, 2.45) is 5.16 Å². The fraction of sp³-hybridized carbons (Fsp3) is 0.333. The average Bonchev–Trinajstić information content (AvgIpc) is 2.68. The third-order valence-electron chi connectivity index (χ3n) is 2.07. The maximum atomic E-state index is 5.23. The van der Waals surface area contributed by atoms with E-state index >= 15 is 0 Å². The number of halogens is 2. The lowest BCUT2D eigenvalue weighted by atomic mass is 10.2. The lowest BCUT2D eigenvalue weighted by Crippen LogP contribution is -2.22. The first-order chi connectivity index (χ1) is 7.16. The van der Waals surface area contributed by atoms with Crippen LogP contribution >= 0.6 is 32.1 Å². The van der Waals surface area contributed by atoms with E-state index in [0.29, 0.717) is 0 Å². The number of nitrogens with zero attached hydrogens (tertiary/aromatic N) is 3. The molecule has 0 saturated carbocycles. The molecule has 1 aromatic rings. The molecule has 0 radical (unpaired) electrons. The second kappa shape index (κ2) is 4.59. The molecule has 1 unspecified atom stereocenters. The number of aromatic nitrogens is 1. The summed E-state index contributed by atoms with van der Waals surface area (Å²) in [6.07, 6.45) is 2.44. The number of hydrogen-bond donors (Lipinski definition) is 0. The molecule has 80 valence electrons. The standard InChI is InChI=1S/C9H9Br2N3O/c1-14(11)9-4-8(13-15-9)7-3-2-6(10)5-12-7/h2-3,5,9H,4H2,1H3. The van der Waals surface area contributed by atoms with Gasteiger partial charge in [0.1, 0.15) is 5.71 Å². The average molecular weight is 335 g/mol. The zero-order valence-electron chi connectivity index (χ0n) is 8.02. The van der Waals surface area contributed by atoms with Crippen molar-refractivity contribution in [3.8, 4) is 0 Å². The van der Waals surface area contributed by atoms with Crippen LogP contribution in [-0.2, 0) is 4.84 Å². The highest BCUT2D eigenvalue weighted by atomic mass is 79.9. The van der Waals surface area contributed by atoms with Crippen molar-refractivity contribution >= 4 is 37.8 Å². The predicted octanol–water partition coefficient (Wildman–Crippen LogP) is 2.54. The molecule has 2 heterocycles. The van der Waals surface area contributed by atoms with Gasteiger partial charge in [0, 0.05) is 40.3 Å². The monoisotopic (exact) mass is 333 g/mol. The van der Waals surface area contributed by atoms with Crippen LogP contribution in [0.25, 0.3) is 0 Å². The van der Waals surface area contributed by atoms with Gasteiger partial charge in [-0.25, -0.2) is 3.93 Å². The van der Waals surface area contributed by atoms with Crippen LogP contribution in [-0.4, -0.2) is 27.9 Å². The van der Waals surface area contributed by atoms with E-state index in [1.54, 1.807) is 6.20 Å². The SMILES string of the molecule is CN(Br)C1CC(c2ccc(Br)cn2)=NO1. The largest absolute Gasteiger partial charge is 0.375 e. The molecule has 1 atom stereocenters. The minimum absolute atomic E-state index is 0.0505. The normalized spacial score (nSPS) is 20.3. The van der Waals surface area contributed by atoms with E-state index in [-0.39, 0.29) is 6.23 Å². The van der Waals surface area contributed by atoms with Crippen molar-refractivity contribution in [1.29, 1.82) is 0 Å². The van der Waals surface area contributed by atoms with Gasteiger partial charge < -0.3 is 4.84 Å². The van der Waals surface area contributed by atoms with Gasteiger partial charge in [0.05, 0.1) is 5.69 Å². The van der Waals surface area contributed by atoms with Crippen LogP contribution in [0.2, 0.25) is 0 Å². The van der Waals surface area contributed by atoms with E-state index < -0.39 is 0 Å². The smallest absolute Gasteiger partial charge is 0.195 e. The van der Waals surface area contributed by atoms with E-state index in [1.165, 1.54) is 0 Å². The van der Waals surface area contributed by atoms with Crippen LogP contribution in [0.1, 0.15) is 12.1 Å². The second-order valence-electron chi connectivity index (χ2n) is 3.19. The summed E-state index contributed by atoms with van der Waals surface area (Å²) < 4.78 is 2.77. The Morgan fingerprint density at radius 1 is 1.53 bits per heavy atom. The van der Waals surface area contributed by atoms with Gasteiger partial charge >= 0.3 is 0 Å². The second-order valence-corrected chi connectivity index (χ2v) is 5.22. The Balaban J connectivity index is 2.11. The summed E-state index contributed by atoms with van der Waals surface area (Å²) in [4.78, 5) is 9.49. The molecule has 4 nitrogen and oxygen atoms in total. The lowest BCUT2D eigenvalue weighted by Gasteiger charge is -2.12. The molecule has 1 aliphatic heterocycles. The molecule has 0 aliphatic carbocycles. The summed E-state index contributed by atoms with van der Waals surface area (Å²) in [7, 11) is 1.89. The highest BCUT2D eigenvalue weighted by Crippen LogP contribution is 2.20. The van der Waals surface area contributed by atoms with Gasteiger partial charge in [0.2, 0.25) is 0 Å². The molecule has 15 heavy (non-hydrogen) atoms. The predicted molar refractivity (Wildman–Crippen MR) is 64.7 cm³/mol. The Bertz CT molecular complexity index is 377. The highest BCUT2D eigenvalue weighted by molar-refractivity contribution is 9.10. The quantitative estimate of drug-likeness (QED) is 0.780. The number of rotatable bonds is 2. The summed E-state index contributed by atoms with van der Waals surface area (Å²) in [6, 6.07) is 3.86. The minimum Gasteiger partial charge on any atom is -0.375 e. The van der Waals surface area contributed by atoms with Gasteiger partial charge in [-0.15, -0.1) is 0 Å². The van der Waals surface area contributed by atoms with E-state index in [1.807, 2.05) is 23.1 Å². The Morgan fingerprint density at radius 3 is 2.87 bits per heavy atom. The Labute approximate surface area is 105 Å². The molecule has 0 aromatic carbocycles. The van der Waals surface area contributed by atoms with Gasteiger partial charge in [-0.3, -0.25) is 4.98 Å². The highest BCUT2D eigenvalue weighted by Gasteiger charge is 2.25. The molecule has 6 heteroatoms. The van der Waals surface area contributed by atoms with Crippen molar-refractivity contribution in [2.75, 3.05) is 7.05 Å². The van der Waals surface area contributed by atoms with Gasteiger partial charge in [-0.1, -0.05) is 5.16 Å². The van der Waals surface area contributed by atoms with Crippen LogP contribution in [0.3, 0.4) is 0 Å². The van der Waals surface area contributed by atoms with Gasteiger partial charge in [0.25, 0.3) is 0 Å². The summed E-state index contributed by atoms with van der Waals surface area (Å²) in [5.74, 6) is 0. The molecule has 1 aliphatic rings. The zero-order chi connectivity index (χ0) is 10.8. The molecule has 0 spiro atoms. The Hall–Kier alpha value is -0.460. The third kappa shape index (κ3) is 2.56. The van der Waals surface area contributed by atoms with Crippen LogP contribution in [0.4, 0.5) is 0 Å². The third-order valence-corrected chi connectivity index (χ3v) is 3.00. The van der Waals surface area contributed by atoms with E-state index in [4.69, 9.17) is 4.84 Å². The van der Waals surface area contributed by atoms with E-state index in [9.17, 15) is 0 Å². The topological polar surface area (TPSA) is 37.7 Å². The van der Waals surface area contributed by atoms with Gasteiger partial charge in [0.15, 0.2) is 6.23 Å². The maximum absolute atomic E-state index is 5.23. The summed E-state index contributed by atoms with van der Waals surface area (Å²) >= 11 is 6.66. The first-order valence-electron chi connectivity index (χ1n) is 4.40. The first kappa shape index (κ1) is 11.0. The van der Waals surface area contributed by atoms with Crippen molar-refractivity contribution in [1.82, 2.24) is 8.91 Å². The van der Waals surface area contributed by atoms with Crippen molar-refractivity contribution in [2.45, 2.75) is 12.6 Å². The molecule has 2 rings (SSSR count). The maximum Gasteiger partial charge on any atom is 0.195 e. The Kier molecular flexibility index (Phi) is 3.38. The fourth-order valence-electron chi connectivity index (χ4n) is 1.25. The van der Waals surface area contributed by atoms with Crippen molar-refractivity contribution in [3.63, 3.8) is 0 Å². The molecule has 0 bridgehead atoms. The van der Waals surface area contributed by atoms with Gasteiger partial charge in [-0.05, 0) is 28.1 Å². The van der Waals surface area contributed by atoms with Crippen molar-refractivity contribution in [3.05, 3.63) is 28.5 Å². The van der Waals surface area contributed by atoms with Crippen LogP contribution in [0.15, 0.2) is 28.0 Å². The van der Waals surface area contributed by atoms with Crippen molar-refractivity contribution < 1.29 is 4.84 Å². The number of oxime groups is 1. The molecular formula is C9H9Br2N3O. The summed E-state index contributed by atoms with van der Waals surface area (Å²) in [6.45, 7) is 0. The summed E-state index contributed by atoms with van der Waals surface area (Å²) in [5.41, 5.74) is 1.73. The minimum atomic E-state index is -0.0505. The van der Waals surface area contributed by atoms with Crippen LogP contribution in [0.5, 0.6) is 0 Å². The fourth-order valence-corrected chi connectivity index (χ4v) is 1.71. The van der Waals surface area contributed by atoms with Crippen LogP contribution < -0.4 is 0 Å². The van der Waals surface area contributed by atoms with Gasteiger partial charge in [-0.2, -0.15) is 0 Å². The molecule has 0 amide bonds. The molecule has 0 saturated heterocycles. The number of pyridine rings is 1. The van der Waals surface area contributed by atoms with E-state index in [0.717, 1.165) is 22.3 Å². The van der Waals surface area contributed by atoms with Crippen LogP contribution in [0, 0.1) is 0 Å². The number of hydrogen-bond acceptors (Lipinski definition) is 4. The molecule has 1 aromatic heterocycles. The molecular weight excluding hydrogens is 326 g/mol. The zero-order valence-corrected chi connectivity index (χ0v) is 11.2. The Morgan fingerprint density at radius 2 is 2.33 bits per heavy atom. The lowest BCUT2D eigenvalue weighted by molar-refractivity contribution is 0.0257. The first-order valence-corrected chi connectivity index (χ1v) is 5.90.